The SMILES string of the molecule is O=C(/C=C/c1ccc(NC(=O)[C@H](Cc2c[nH]c3ccccc23)NC(=O)OCc2ccccc2)cc1)NO. The number of carbonyl (C=O) groups is 3. The van der Waals surface area contributed by atoms with E-state index >= 15 is 0 Å². The lowest BCUT2D eigenvalue weighted by atomic mass is 10.0. The Bertz CT molecular complexity index is 1400. The van der Waals surface area contributed by atoms with Gasteiger partial charge in [0.25, 0.3) is 5.91 Å². The highest BCUT2D eigenvalue weighted by atomic mass is 16.5. The molecule has 0 aliphatic heterocycles. The monoisotopic (exact) mass is 498 g/mol. The smallest absolute Gasteiger partial charge is 0.408 e. The van der Waals surface area contributed by atoms with E-state index in [1.54, 1.807) is 24.3 Å². The second kappa shape index (κ2) is 12.2. The summed E-state index contributed by atoms with van der Waals surface area (Å²) in [5, 5.41) is 15.1. The number of aromatic nitrogens is 1. The molecule has 1 atom stereocenters. The molecule has 188 valence electrons. The number of nitrogens with one attached hydrogen (secondary N) is 4. The number of hydroxylamine groups is 1. The molecule has 0 bridgehead atoms. The highest BCUT2D eigenvalue weighted by Crippen LogP contribution is 2.20. The predicted octanol–water partition coefficient (Wildman–Crippen LogP) is 4.16. The van der Waals surface area contributed by atoms with Crippen LogP contribution in [0.1, 0.15) is 16.7 Å². The third kappa shape index (κ3) is 7.06. The van der Waals surface area contributed by atoms with Crippen LogP contribution in [0.3, 0.4) is 0 Å². The zero-order valence-corrected chi connectivity index (χ0v) is 19.8. The Balaban J connectivity index is 1.46. The molecular formula is C28H26N4O5. The molecule has 0 aliphatic rings. The van der Waals surface area contributed by atoms with Crippen LogP contribution in [0.25, 0.3) is 17.0 Å². The van der Waals surface area contributed by atoms with E-state index in [1.807, 2.05) is 60.8 Å². The van der Waals surface area contributed by atoms with Gasteiger partial charge in [-0.3, -0.25) is 14.8 Å². The first-order valence-corrected chi connectivity index (χ1v) is 11.6. The summed E-state index contributed by atoms with van der Waals surface area (Å²) in [6.45, 7) is 0.0807. The fourth-order valence-electron chi connectivity index (χ4n) is 3.75. The highest BCUT2D eigenvalue weighted by Gasteiger charge is 2.23. The second-order valence-electron chi connectivity index (χ2n) is 8.24. The van der Waals surface area contributed by atoms with Crippen molar-refractivity contribution in [2.24, 2.45) is 0 Å². The summed E-state index contributed by atoms with van der Waals surface area (Å²) in [6, 6.07) is 22.8. The number of hydrogen-bond donors (Lipinski definition) is 5. The van der Waals surface area contributed by atoms with E-state index in [4.69, 9.17) is 9.94 Å². The van der Waals surface area contributed by atoms with Gasteiger partial charge in [0.1, 0.15) is 12.6 Å². The van der Waals surface area contributed by atoms with Crippen LogP contribution < -0.4 is 16.1 Å². The molecule has 4 aromatic rings. The number of amides is 3. The van der Waals surface area contributed by atoms with Crippen molar-refractivity contribution in [1.29, 1.82) is 0 Å². The number of carbonyl (C=O) groups excluding carboxylic acids is 3. The number of alkyl carbamates (subject to hydrolysis) is 1. The molecule has 4 rings (SSSR count). The third-order valence-electron chi connectivity index (χ3n) is 5.64. The Morgan fingerprint density at radius 1 is 0.946 bits per heavy atom. The van der Waals surface area contributed by atoms with Crippen LogP contribution in [0.2, 0.25) is 0 Å². The Hall–Kier alpha value is -4.89. The number of H-pyrrole nitrogens is 1. The van der Waals surface area contributed by atoms with Crippen molar-refractivity contribution in [3.8, 4) is 0 Å². The topological polar surface area (TPSA) is 133 Å². The normalized spacial score (nSPS) is 11.7. The summed E-state index contributed by atoms with van der Waals surface area (Å²) in [5.41, 5.74) is 5.37. The minimum absolute atomic E-state index is 0.0807. The molecule has 1 heterocycles. The predicted molar refractivity (Wildman–Crippen MR) is 140 cm³/mol. The van der Waals surface area contributed by atoms with E-state index < -0.39 is 23.9 Å². The average Bonchev–Trinajstić information content (AvgIpc) is 3.34. The van der Waals surface area contributed by atoms with Crippen molar-refractivity contribution in [3.05, 3.63) is 108 Å². The summed E-state index contributed by atoms with van der Waals surface area (Å²) in [7, 11) is 0. The molecule has 1 aromatic heterocycles. The number of para-hydroxylation sites is 1. The van der Waals surface area contributed by atoms with Crippen molar-refractivity contribution in [3.63, 3.8) is 0 Å². The first-order valence-electron chi connectivity index (χ1n) is 11.6. The molecule has 0 unspecified atom stereocenters. The summed E-state index contributed by atoms with van der Waals surface area (Å²) >= 11 is 0. The number of aromatic amines is 1. The fourth-order valence-corrected chi connectivity index (χ4v) is 3.75. The zero-order chi connectivity index (χ0) is 26.0. The van der Waals surface area contributed by atoms with Crippen LogP contribution in [-0.4, -0.2) is 34.1 Å². The number of benzene rings is 3. The maximum Gasteiger partial charge on any atom is 0.408 e. The Morgan fingerprint density at radius 2 is 1.68 bits per heavy atom. The van der Waals surface area contributed by atoms with Crippen molar-refractivity contribution in [2.75, 3.05) is 5.32 Å². The molecule has 0 radical (unpaired) electrons. The third-order valence-corrected chi connectivity index (χ3v) is 5.64. The van der Waals surface area contributed by atoms with Crippen LogP contribution in [0.15, 0.2) is 91.1 Å². The van der Waals surface area contributed by atoms with Gasteiger partial charge in [-0.25, -0.2) is 10.3 Å². The van der Waals surface area contributed by atoms with Gasteiger partial charge in [0.2, 0.25) is 5.91 Å². The van der Waals surface area contributed by atoms with E-state index in [9.17, 15) is 14.4 Å². The van der Waals surface area contributed by atoms with Gasteiger partial charge in [0, 0.05) is 35.3 Å². The fraction of sp³-hybridized carbons (Fsp3) is 0.107. The lowest BCUT2D eigenvalue weighted by Gasteiger charge is -2.18. The molecule has 0 spiro atoms. The number of anilines is 1. The van der Waals surface area contributed by atoms with Gasteiger partial charge in [-0.05, 0) is 41.0 Å². The van der Waals surface area contributed by atoms with Crippen molar-refractivity contribution < 1.29 is 24.3 Å². The maximum atomic E-state index is 13.2. The van der Waals surface area contributed by atoms with Gasteiger partial charge < -0.3 is 20.4 Å². The van der Waals surface area contributed by atoms with Crippen LogP contribution in [0, 0.1) is 0 Å². The molecule has 5 N–H and O–H groups in total. The van der Waals surface area contributed by atoms with Crippen LogP contribution >= 0.6 is 0 Å². The maximum absolute atomic E-state index is 13.2. The second-order valence-corrected chi connectivity index (χ2v) is 8.24. The molecule has 0 aliphatic carbocycles. The largest absolute Gasteiger partial charge is 0.445 e. The molecule has 9 nitrogen and oxygen atoms in total. The quantitative estimate of drug-likeness (QED) is 0.134. The lowest BCUT2D eigenvalue weighted by molar-refractivity contribution is -0.124. The number of fused-ring (bicyclic) bond motifs is 1. The molecule has 0 saturated carbocycles. The van der Waals surface area contributed by atoms with E-state index in [0.717, 1.165) is 22.0 Å². The van der Waals surface area contributed by atoms with Crippen LogP contribution in [0.4, 0.5) is 10.5 Å². The van der Waals surface area contributed by atoms with E-state index in [0.29, 0.717) is 11.3 Å². The minimum Gasteiger partial charge on any atom is -0.445 e. The van der Waals surface area contributed by atoms with Gasteiger partial charge in [0.15, 0.2) is 0 Å². The summed E-state index contributed by atoms with van der Waals surface area (Å²) in [5.74, 6) is -1.06. The Labute approximate surface area is 213 Å². The summed E-state index contributed by atoms with van der Waals surface area (Å²) in [4.78, 5) is 40.2. The highest BCUT2D eigenvalue weighted by molar-refractivity contribution is 5.97. The molecule has 37 heavy (non-hydrogen) atoms. The van der Waals surface area contributed by atoms with Gasteiger partial charge in [-0.2, -0.15) is 0 Å². The standard InChI is InChI=1S/C28H26N4O5/c33-26(32-36)15-12-19-10-13-22(14-11-19)30-27(34)25(16-21-17-29-24-9-5-4-8-23(21)24)31-28(35)37-18-20-6-2-1-3-7-20/h1-15,17,25,29,36H,16,18H2,(H,30,34)(H,31,35)(H,32,33)/b15-12+/t25-/m0/s1. The van der Waals surface area contributed by atoms with Gasteiger partial charge in [-0.1, -0.05) is 60.7 Å². The summed E-state index contributed by atoms with van der Waals surface area (Å²) < 4.78 is 5.34. The van der Waals surface area contributed by atoms with Crippen LogP contribution in [-0.2, 0) is 27.4 Å². The first-order chi connectivity index (χ1) is 18.0. The van der Waals surface area contributed by atoms with Crippen molar-refractivity contribution >= 4 is 40.6 Å². The molecule has 3 amide bonds. The Morgan fingerprint density at radius 3 is 2.43 bits per heavy atom. The lowest BCUT2D eigenvalue weighted by Crippen LogP contribution is -2.45. The first kappa shape index (κ1) is 25.2. The summed E-state index contributed by atoms with van der Waals surface area (Å²) in [6.07, 6.45) is 4.06. The molecule has 9 heteroatoms. The van der Waals surface area contributed by atoms with E-state index in [-0.39, 0.29) is 13.0 Å². The van der Waals surface area contributed by atoms with E-state index in [2.05, 4.69) is 15.6 Å². The Kier molecular flexibility index (Phi) is 8.30. The number of rotatable bonds is 9. The molecule has 0 fully saturated rings. The number of hydrogen-bond acceptors (Lipinski definition) is 5. The van der Waals surface area contributed by atoms with Crippen molar-refractivity contribution in [1.82, 2.24) is 15.8 Å². The average molecular weight is 499 g/mol. The minimum atomic E-state index is -0.907. The molecular weight excluding hydrogens is 472 g/mol. The zero-order valence-electron chi connectivity index (χ0n) is 19.8. The molecule has 0 saturated heterocycles. The van der Waals surface area contributed by atoms with Gasteiger partial charge in [-0.15, -0.1) is 0 Å². The van der Waals surface area contributed by atoms with Gasteiger partial charge >= 0.3 is 6.09 Å². The van der Waals surface area contributed by atoms with E-state index in [1.165, 1.54) is 17.6 Å². The van der Waals surface area contributed by atoms with Crippen LogP contribution in [0.5, 0.6) is 0 Å². The molecule has 3 aromatic carbocycles. The van der Waals surface area contributed by atoms with Crippen molar-refractivity contribution in [2.45, 2.75) is 19.1 Å². The van der Waals surface area contributed by atoms with Gasteiger partial charge in [0.05, 0.1) is 0 Å². The number of ether oxygens (including phenoxy) is 1.